The highest BCUT2D eigenvalue weighted by molar-refractivity contribution is 5.79. The lowest BCUT2D eigenvalue weighted by Gasteiger charge is -2.35. The number of halogens is 1. The monoisotopic (exact) mass is 359 g/mol. The van der Waals surface area contributed by atoms with Gasteiger partial charge in [0.05, 0.1) is 17.8 Å². The first-order valence-electron chi connectivity index (χ1n) is 8.84. The van der Waals surface area contributed by atoms with Crippen LogP contribution in [-0.4, -0.2) is 44.3 Å². The van der Waals surface area contributed by atoms with Crippen molar-refractivity contribution >= 4 is 11.9 Å². The van der Waals surface area contributed by atoms with Crippen LogP contribution in [0.15, 0.2) is 36.5 Å². The zero-order chi connectivity index (χ0) is 18.5. The van der Waals surface area contributed by atoms with Crippen LogP contribution < -0.4 is 0 Å². The topological polar surface area (TPSA) is 75.4 Å². The summed E-state index contributed by atoms with van der Waals surface area (Å²) in [5.41, 5.74) is 1.37. The van der Waals surface area contributed by atoms with Crippen molar-refractivity contribution in [1.82, 2.24) is 14.7 Å². The van der Waals surface area contributed by atoms with Crippen LogP contribution in [0.5, 0.6) is 0 Å². The molecule has 2 aromatic rings. The number of nitrogens with zero attached hydrogens (tertiary/aromatic N) is 3. The Morgan fingerprint density at radius 1 is 1.19 bits per heavy atom. The SMILES string of the molecule is O=C(O)CCC1CCCCN1C(=O)Cc1ccn(-c2ccc(F)cc2)n1. The number of benzene rings is 1. The fourth-order valence-corrected chi connectivity index (χ4v) is 3.37. The van der Waals surface area contributed by atoms with Gasteiger partial charge in [-0.25, -0.2) is 9.07 Å². The van der Waals surface area contributed by atoms with Gasteiger partial charge < -0.3 is 10.0 Å². The first kappa shape index (κ1) is 18.1. The van der Waals surface area contributed by atoms with E-state index in [4.69, 9.17) is 5.11 Å². The second kappa shape index (κ2) is 8.12. The number of carboxylic acids is 1. The molecule has 2 heterocycles. The van der Waals surface area contributed by atoms with Crippen molar-refractivity contribution in [3.63, 3.8) is 0 Å². The molecule has 1 aliphatic rings. The zero-order valence-corrected chi connectivity index (χ0v) is 14.5. The van der Waals surface area contributed by atoms with Crippen molar-refractivity contribution in [3.05, 3.63) is 48.0 Å². The minimum atomic E-state index is -0.832. The van der Waals surface area contributed by atoms with Crippen LogP contribution in [0.3, 0.4) is 0 Å². The predicted molar refractivity (Wildman–Crippen MR) is 93.4 cm³/mol. The van der Waals surface area contributed by atoms with E-state index in [2.05, 4.69) is 5.10 Å². The second-order valence-electron chi connectivity index (χ2n) is 6.57. The van der Waals surface area contributed by atoms with Crippen LogP contribution in [0.2, 0.25) is 0 Å². The fourth-order valence-electron chi connectivity index (χ4n) is 3.37. The summed E-state index contributed by atoms with van der Waals surface area (Å²) in [5.74, 6) is -1.17. The molecule has 1 aliphatic heterocycles. The number of hydrogen-bond acceptors (Lipinski definition) is 3. The molecule has 7 heteroatoms. The standard InChI is InChI=1S/C19H22FN3O3/c20-14-4-6-17(7-5-14)23-12-10-15(21-23)13-18(24)22-11-2-1-3-16(22)8-9-19(25)26/h4-7,10,12,16H,1-3,8-9,11,13H2,(H,25,26). The van der Waals surface area contributed by atoms with E-state index in [1.54, 1.807) is 29.1 Å². The average molecular weight is 359 g/mol. The smallest absolute Gasteiger partial charge is 0.303 e. The Labute approximate surface area is 151 Å². The van der Waals surface area contributed by atoms with Gasteiger partial charge in [0, 0.05) is 25.2 Å². The van der Waals surface area contributed by atoms with E-state index in [1.807, 2.05) is 4.90 Å². The molecule has 0 saturated carbocycles. The lowest BCUT2D eigenvalue weighted by atomic mass is 9.97. The van der Waals surface area contributed by atoms with E-state index in [0.29, 0.717) is 18.7 Å². The first-order valence-corrected chi connectivity index (χ1v) is 8.84. The molecule has 3 rings (SSSR count). The van der Waals surface area contributed by atoms with Crippen molar-refractivity contribution in [2.45, 2.75) is 44.6 Å². The van der Waals surface area contributed by atoms with Gasteiger partial charge in [-0.15, -0.1) is 0 Å². The number of piperidine rings is 1. The molecule has 0 bridgehead atoms. The summed E-state index contributed by atoms with van der Waals surface area (Å²) >= 11 is 0. The number of carbonyl (C=O) groups excluding carboxylic acids is 1. The van der Waals surface area contributed by atoms with Gasteiger partial charge in [0.25, 0.3) is 0 Å². The van der Waals surface area contributed by atoms with E-state index >= 15 is 0 Å². The normalized spacial score (nSPS) is 17.3. The number of amides is 1. The third-order valence-corrected chi connectivity index (χ3v) is 4.71. The van der Waals surface area contributed by atoms with Gasteiger partial charge >= 0.3 is 5.97 Å². The number of aromatic nitrogens is 2. The van der Waals surface area contributed by atoms with Gasteiger partial charge in [0.15, 0.2) is 0 Å². The third-order valence-electron chi connectivity index (χ3n) is 4.71. The van der Waals surface area contributed by atoms with Gasteiger partial charge in [-0.1, -0.05) is 0 Å². The Morgan fingerprint density at radius 2 is 1.96 bits per heavy atom. The summed E-state index contributed by atoms with van der Waals surface area (Å²) in [6.07, 6.45) is 5.31. The highest BCUT2D eigenvalue weighted by Crippen LogP contribution is 2.22. The summed E-state index contributed by atoms with van der Waals surface area (Å²) in [4.78, 5) is 25.3. The van der Waals surface area contributed by atoms with Gasteiger partial charge in [-0.3, -0.25) is 9.59 Å². The van der Waals surface area contributed by atoms with E-state index in [1.165, 1.54) is 12.1 Å². The largest absolute Gasteiger partial charge is 0.481 e. The highest BCUT2D eigenvalue weighted by Gasteiger charge is 2.27. The number of carbonyl (C=O) groups is 2. The maximum absolute atomic E-state index is 13.0. The fraction of sp³-hybridized carbons (Fsp3) is 0.421. The van der Waals surface area contributed by atoms with Crippen molar-refractivity contribution in [2.24, 2.45) is 0 Å². The maximum Gasteiger partial charge on any atom is 0.303 e. The summed E-state index contributed by atoms with van der Waals surface area (Å²) in [7, 11) is 0. The van der Waals surface area contributed by atoms with E-state index in [-0.39, 0.29) is 30.6 Å². The minimum absolute atomic E-state index is 0.00784. The van der Waals surface area contributed by atoms with Gasteiger partial charge in [-0.05, 0) is 56.0 Å². The molecule has 6 nitrogen and oxygen atoms in total. The van der Waals surface area contributed by atoms with Crippen LogP contribution in [-0.2, 0) is 16.0 Å². The van der Waals surface area contributed by atoms with Crippen LogP contribution >= 0.6 is 0 Å². The van der Waals surface area contributed by atoms with E-state index in [9.17, 15) is 14.0 Å². The Morgan fingerprint density at radius 3 is 2.69 bits per heavy atom. The van der Waals surface area contributed by atoms with Crippen LogP contribution in [0.1, 0.15) is 37.8 Å². The molecule has 26 heavy (non-hydrogen) atoms. The van der Waals surface area contributed by atoms with Crippen molar-refractivity contribution < 1.29 is 19.1 Å². The molecule has 1 atom stereocenters. The molecule has 1 fully saturated rings. The Kier molecular flexibility index (Phi) is 5.65. The maximum atomic E-state index is 13.0. The number of rotatable bonds is 6. The number of carboxylic acid groups (broad SMARTS) is 1. The van der Waals surface area contributed by atoms with Crippen molar-refractivity contribution in [3.8, 4) is 5.69 Å². The molecule has 1 saturated heterocycles. The van der Waals surface area contributed by atoms with Crippen molar-refractivity contribution in [2.75, 3.05) is 6.54 Å². The van der Waals surface area contributed by atoms with Gasteiger partial charge in [0.1, 0.15) is 5.82 Å². The summed E-state index contributed by atoms with van der Waals surface area (Å²) in [6, 6.07) is 7.75. The molecule has 1 aromatic heterocycles. The quantitative estimate of drug-likeness (QED) is 0.861. The molecule has 1 unspecified atom stereocenters. The van der Waals surface area contributed by atoms with Crippen LogP contribution in [0.25, 0.3) is 5.69 Å². The molecule has 0 aliphatic carbocycles. The second-order valence-corrected chi connectivity index (χ2v) is 6.57. The molecule has 0 spiro atoms. The highest BCUT2D eigenvalue weighted by atomic mass is 19.1. The summed E-state index contributed by atoms with van der Waals surface area (Å²) in [6.45, 7) is 0.668. The van der Waals surface area contributed by atoms with E-state index < -0.39 is 5.97 Å². The summed E-state index contributed by atoms with van der Waals surface area (Å²) < 4.78 is 14.6. The molecule has 1 N–H and O–H groups in total. The first-order chi connectivity index (χ1) is 12.5. The van der Waals surface area contributed by atoms with E-state index in [0.717, 1.165) is 24.9 Å². The van der Waals surface area contributed by atoms with Gasteiger partial charge in [-0.2, -0.15) is 5.10 Å². The number of likely N-dealkylation sites (tertiary alicyclic amines) is 1. The van der Waals surface area contributed by atoms with Crippen LogP contribution in [0.4, 0.5) is 4.39 Å². The Bertz CT molecular complexity index is 773. The molecule has 138 valence electrons. The average Bonchev–Trinajstić information content (AvgIpc) is 3.09. The molecule has 1 amide bonds. The predicted octanol–water partition coefficient (Wildman–Crippen LogP) is 2.80. The lowest BCUT2D eigenvalue weighted by molar-refractivity contribution is -0.139. The number of aliphatic carboxylic acids is 1. The Hall–Kier alpha value is -2.70. The summed E-state index contributed by atoms with van der Waals surface area (Å²) in [5, 5.41) is 13.3. The molecule has 1 aromatic carbocycles. The van der Waals surface area contributed by atoms with Crippen LogP contribution in [0, 0.1) is 5.82 Å². The van der Waals surface area contributed by atoms with Gasteiger partial charge in [0.2, 0.25) is 5.91 Å². The lowest BCUT2D eigenvalue weighted by Crippen LogP contribution is -2.44. The van der Waals surface area contributed by atoms with Crippen molar-refractivity contribution in [1.29, 1.82) is 0 Å². The molecular formula is C19H22FN3O3. The molecular weight excluding hydrogens is 337 g/mol. The zero-order valence-electron chi connectivity index (χ0n) is 14.5. The number of hydrogen-bond donors (Lipinski definition) is 1. The molecule has 0 radical (unpaired) electrons. The Balaban J connectivity index is 1.65. The third kappa shape index (κ3) is 4.47. The minimum Gasteiger partial charge on any atom is -0.481 e.